The fraction of sp³-hybridized carbons (Fsp3) is 0.625. The van der Waals surface area contributed by atoms with Crippen LogP contribution in [0.5, 0.6) is 0 Å². The van der Waals surface area contributed by atoms with E-state index in [1.807, 2.05) is 13.8 Å². The largest absolute Gasteiger partial charge is 0.281 e. The van der Waals surface area contributed by atoms with Crippen molar-refractivity contribution in [3.63, 3.8) is 0 Å². The highest BCUT2D eigenvalue weighted by Gasteiger charge is 2.60. The Hall–Kier alpha value is -0.0800. The Kier molecular flexibility index (Phi) is 2.50. The van der Waals surface area contributed by atoms with Crippen molar-refractivity contribution in [2.24, 2.45) is 17.3 Å². The maximum absolute atomic E-state index is 12.2. The molecule has 0 aliphatic heterocycles. The van der Waals surface area contributed by atoms with Gasteiger partial charge in [-0.1, -0.05) is 25.4 Å². The highest BCUT2D eigenvalue weighted by molar-refractivity contribution is 6.64. The van der Waals surface area contributed by atoms with Crippen LogP contribution in [0.4, 0.5) is 4.39 Å². The van der Waals surface area contributed by atoms with Gasteiger partial charge >= 0.3 is 0 Å². The zero-order valence-electron chi connectivity index (χ0n) is 6.77. The molecule has 0 radical (unpaired) electrons. The van der Waals surface area contributed by atoms with Crippen molar-refractivity contribution in [2.75, 3.05) is 0 Å². The fourth-order valence-corrected chi connectivity index (χ4v) is 2.11. The Labute approximate surface area is 80.5 Å². The predicted octanol–water partition coefficient (Wildman–Crippen LogP) is 3.07. The maximum Gasteiger partial charge on any atom is 0.225 e. The van der Waals surface area contributed by atoms with E-state index < -0.39 is 10.5 Å². The lowest BCUT2D eigenvalue weighted by molar-refractivity contribution is -0.113. The number of carbonyl (C=O) groups is 1. The summed E-state index contributed by atoms with van der Waals surface area (Å²) in [6.45, 7) is 3.72. The lowest BCUT2D eigenvalue weighted by atomic mass is 10.1. The van der Waals surface area contributed by atoms with Gasteiger partial charge in [-0.2, -0.15) is 4.39 Å². The van der Waals surface area contributed by atoms with Gasteiger partial charge in [0, 0.05) is 5.92 Å². The van der Waals surface area contributed by atoms with Crippen LogP contribution in [0.25, 0.3) is 0 Å². The van der Waals surface area contributed by atoms with E-state index in [-0.39, 0.29) is 17.3 Å². The van der Waals surface area contributed by atoms with E-state index in [4.69, 9.17) is 23.2 Å². The van der Waals surface area contributed by atoms with Gasteiger partial charge in [0.2, 0.25) is 5.24 Å². The monoisotopic (exact) mass is 210 g/mol. The Morgan fingerprint density at radius 2 is 2.00 bits per heavy atom. The predicted molar refractivity (Wildman–Crippen MR) is 46.7 cm³/mol. The SMILES string of the molecule is CC1(C)[C@H](/C=C(/F)Cl)[C@H]1C(=O)Cl. The van der Waals surface area contributed by atoms with Crippen molar-refractivity contribution in [1.29, 1.82) is 0 Å². The van der Waals surface area contributed by atoms with Gasteiger partial charge in [0.1, 0.15) is 0 Å². The topological polar surface area (TPSA) is 17.1 Å². The van der Waals surface area contributed by atoms with E-state index in [0.717, 1.165) is 0 Å². The summed E-state index contributed by atoms with van der Waals surface area (Å²) in [6, 6.07) is 0. The molecule has 0 saturated heterocycles. The molecule has 1 aliphatic rings. The molecule has 0 heterocycles. The van der Waals surface area contributed by atoms with E-state index in [1.165, 1.54) is 6.08 Å². The molecule has 1 saturated carbocycles. The molecule has 0 amide bonds. The molecular weight excluding hydrogens is 202 g/mol. The molecule has 1 fully saturated rings. The smallest absolute Gasteiger partial charge is 0.225 e. The van der Waals surface area contributed by atoms with Crippen LogP contribution >= 0.6 is 23.2 Å². The quantitative estimate of drug-likeness (QED) is 0.641. The van der Waals surface area contributed by atoms with Gasteiger partial charge in [0.15, 0.2) is 5.29 Å². The van der Waals surface area contributed by atoms with E-state index in [1.54, 1.807) is 0 Å². The summed E-state index contributed by atoms with van der Waals surface area (Å²) in [4.78, 5) is 10.8. The number of rotatable bonds is 2. The summed E-state index contributed by atoms with van der Waals surface area (Å²) in [5.74, 6) is -0.441. The summed E-state index contributed by atoms with van der Waals surface area (Å²) < 4.78 is 12.2. The summed E-state index contributed by atoms with van der Waals surface area (Å²) in [5.41, 5.74) is -0.245. The van der Waals surface area contributed by atoms with Gasteiger partial charge in [-0.25, -0.2) is 0 Å². The highest BCUT2D eigenvalue weighted by Crippen LogP contribution is 2.60. The molecule has 0 N–H and O–H groups in total. The van der Waals surface area contributed by atoms with Crippen molar-refractivity contribution in [3.05, 3.63) is 11.4 Å². The average molecular weight is 211 g/mol. The Morgan fingerprint density at radius 3 is 2.25 bits per heavy atom. The van der Waals surface area contributed by atoms with Gasteiger partial charge < -0.3 is 0 Å². The van der Waals surface area contributed by atoms with Gasteiger partial charge in [0.05, 0.1) is 0 Å². The van der Waals surface area contributed by atoms with E-state index in [9.17, 15) is 9.18 Å². The van der Waals surface area contributed by atoms with Crippen molar-refractivity contribution < 1.29 is 9.18 Å². The normalized spacial score (nSPS) is 33.2. The fourth-order valence-electron chi connectivity index (χ4n) is 1.56. The molecule has 0 spiro atoms. The average Bonchev–Trinajstić information content (AvgIpc) is 2.32. The third kappa shape index (κ3) is 1.64. The zero-order chi connectivity index (χ0) is 9.52. The Bertz CT molecular complexity index is 243. The molecule has 0 aromatic rings. The summed E-state index contributed by atoms with van der Waals surface area (Å²) in [6.07, 6.45) is 1.24. The number of allylic oxidation sites excluding steroid dienone is 1. The molecule has 0 aromatic heterocycles. The van der Waals surface area contributed by atoms with Crippen LogP contribution in [0, 0.1) is 17.3 Å². The van der Waals surface area contributed by atoms with E-state index in [2.05, 4.69) is 0 Å². The minimum absolute atomic E-state index is 0.153. The molecule has 1 aliphatic carbocycles. The molecule has 1 nitrogen and oxygen atoms in total. The van der Waals surface area contributed by atoms with Crippen LogP contribution in [0.3, 0.4) is 0 Å². The summed E-state index contributed by atoms with van der Waals surface area (Å²) >= 11 is 10.4. The molecule has 0 bridgehead atoms. The first-order valence-corrected chi connectivity index (χ1v) is 4.35. The Morgan fingerprint density at radius 1 is 1.50 bits per heavy atom. The highest BCUT2D eigenvalue weighted by atomic mass is 35.5. The van der Waals surface area contributed by atoms with Crippen LogP contribution in [-0.4, -0.2) is 5.24 Å². The maximum atomic E-state index is 12.2. The first-order chi connectivity index (χ1) is 5.37. The van der Waals surface area contributed by atoms with Gasteiger partial charge in [-0.05, 0) is 29.0 Å². The first kappa shape index (κ1) is 10.0. The van der Waals surface area contributed by atoms with Crippen LogP contribution in [0.1, 0.15) is 13.8 Å². The lowest BCUT2D eigenvalue weighted by Crippen LogP contribution is -1.96. The van der Waals surface area contributed by atoms with Gasteiger partial charge in [-0.3, -0.25) is 4.79 Å². The molecule has 0 aromatic carbocycles. The third-order valence-electron chi connectivity index (χ3n) is 2.46. The zero-order valence-corrected chi connectivity index (χ0v) is 8.29. The van der Waals surface area contributed by atoms with E-state index >= 15 is 0 Å². The van der Waals surface area contributed by atoms with E-state index in [0.29, 0.717) is 0 Å². The molecular formula is C8H9Cl2FO. The summed E-state index contributed by atoms with van der Waals surface area (Å²) in [5, 5.41) is -1.19. The molecule has 4 heteroatoms. The first-order valence-electron chi connectivity index (χ1n) is 3.59. The van der Waals surface area contributed by atoms with Crippen molar-refractivity contribution in [1.82, 2.24) is 0 Å². The number of carbonyl (C=O) groups excluding carboxylic acids is 1. The second-order valence-corrected chi connectivity index (χ2v) is 4.32. The minimum atomic E-state index is -0.770. The minimum Gasteiger partial charge on any atom is -0.281 e. The van der Waals surface area contributed by atoms with Crippen LogP contribution < -0.4 is 0 Å². The second-order valence-electron chi connectivity index (χ2n) is 3.59. The molecule has 1 rings (SSSR count). The standard InChI is InChI=1S/C8H9Cl2FO/c1-8(2)4(3-5(9)11)6(8)7(10)12/h3-4,6H,1-2H3/b5-3+/t4-,6+/m1/s1. The second kappa shape index (κ2) is 3.00. The third-order valence-corrected chi connectivity index (χ3v) is 2.82. The number of halogens is 3. The molecule has 12 heavy (non-hydrogen) atoms. The lowest BCUT2D eigenvalue weighted by Gasteiger charge is -1.95. The summed E-state index contributed by atoms with van der Waals surface area (Å²) in [7, 11) is 0. The van der Waals surface area contributed by atoms with Gasteiger partial charge in [0.25, 0.3) is 0 Å². The van der Waals surface area contributed by atoms with Crippen molar-refractivity contribution in [2.45, 2.75) is 13.8 Å². The van der Waals surface area contributed by atoms with Crippen LogP contribution in [0.2, 0.25) is 0 Å². The van der Waals surface area contributed by atoms with Crippen LogP contribution in [-0.2, 0) is 4.79 Å². The van der Waals surface area contributed by atoms with Crippen LogP contribution in [0.15, 0.2) is 11.4 Å². The molecule has 0 unspecified atom stereocenters. The Balaban J connectivity index is 2.73. The molecule has 2 atom stereocenters. The van der Waals surface area contributed by atoms with Crippen molar-refractivity contribution in [3.8, 4) is 0 Å². The van der Waals surface area contributed by atoms with Gasteiger partial charge in [-0.15, -0.1) is 0 Å². The number of hydrogen-bond donors (Lipinski definition) is 0. The van der Waals surface area contributed by atoms with Crippen molar-refractivity contribution >= 4 is 28.4 Å². The molecule has 68 valence electrons. The number of hydrogen-bond acceptors (Lipinski definition) is 1.